The molecular formula is C20H19N3O4S. The van der Waals surface area contributed by atoms with Crippen molar-refractivity contribution in [3.63, 3.8) is 0 Å². The molecule has 0 radical (unpaired) electrons. The number of aromatic hydroxyl groups is 1. The predicted octanol–water partition coefficient (Wildman–Crippen LogP) is 1.47. The zero-order valence-electron chi connectivity index (χ0n) is 15.1. The number of H-pyrrole nitrogens is 1. The van der Waals surface area contributed by atoms with Crippen LogP contribution in [0.25, 0.3) is 22.0 Å². The lowest BCUT2D eigenvalue weighted by atomic mass is 10.0. The number of phenolic OH excluding ortho intramolecular Hbond substituents is 1. The summed E-state index contributed by atoms with van der Waals surface area (Å²) in [7, 11) is -2.07. The van der Waals surface area contributed by atoms with Crippen LogP contribution < -0.4 is 5.56 Å². The van der Waals surface area contributed by atoms with Crippen molar-refractivity contribution in [2.75, 3.05) is 24.6 Å². The van der Waals surface area contributed by atoms with E-state index in [1.165, 1.54) is 12.4 Å². The normalized spacial score (nSPS) is 16.2. The molecule has 0 atom stereocenters. The zero-order valence-corrected chi connectivity index (χ0v) is 15.9. The van der Waals surface area contributed by atoms with Gasteiger partial charge in [0.25, 0.3) is 11.5 Å². The van der Waals surface area contributed by atoms with Crippen molar-refractivity contribution in [3.8, 4) is 16.9 Å². The van der Waals surface area contributed by atoms with Gasteiger partial charge in [0.1, 0.15) is 11.3 Å². The van der Waals surface area contributed by atoms with Crippen molar-refractivity contribution in [1.29, 1.82) is 0 Å². The van der Waals surface area contributed by atoms with Crippen LogP contribution in [0.15, 0.2) is 47.5 Å². The predicted molar refractivity (Wildman–Crippen MR) is 110 cm³/mol. The Morgan fingerprint density at radius 3 is 2.68 bits per heavy atom. The number of carbonyl (C=O) groups is 1. The number of rotatable bonds is 2. The second-order valence-electron chi connectivity index (χ2n) is 6.87. The van der Waals surface area contributed by atoms with Gasteiger partial charge in [-0.15, -0.1) is 0 Å². The Bertz CT molecular complexity index is 1230. The second-order valence-corrected chi connectivity index (χ2v) is 9.62. The van der Waals surface area contributed by atoms with Gasteiger partial charge in [0.15, 0.2) is 0 Å². The molecule has 0 aliphatic carbocycles. The van der Waals surface area contributed by atoms with Crippen LogP contribution in [0.5, 0.6) is 5.75 Å². The van der Waals surface area contributed by atoms with Crippen LogP contribution >= 0.6 is 0 Å². The minimum Gasteiger partial charge on any atom is -0.506 e. The molecule has 4 rings (SSSR count). The summed E-state index contributed by atoms with van der Waals surface area (Å²) in [4.78, 5) is 33.1. The number of phenols is 1. The van der Waals surface area contributed by atoms with E-state index in [4.69, 9.17) is 0 Å². The number of nitrogens with one attached hydrogen (secondary N) is 1. The van der Waals surface area contributed by atoms with Gasteiger partial charge in [-0.05, 0) is 50.8 Å². The standard InChI is InChI=1S/C20H19N3O4S/c1-28(27)7-5-23(6-8-28)20(26)14-4-2-3-13(9-14)15-10-16-18(17(24)11-15)21-12-22-19(16)25/h2-4,9-12,24H,1,5-8H2,(H,21,22,25). The third-order valence-corrected chi connectivity index (χ3v) is 6.77. The van der Waals surface area contributed by atoms with E-state index in [2.05, 4.69) is 15.8 Å². The fourth-order valence-electron chi connectivity index (χ4n) is 3.31. The maximum absolute atomic E-state index is 12.8. The van der Waals surface area contributed by atoms with E-state index in [1.54, 1.807) is 35.2 Å². The molecule has 0 unspecified atom stereocenters. The quantitative estimate of drug-likeness (QED) is 0.638. The van der Waals surface area contributed by atoms with Crippen molar-refractivity contribution >= 4 is 32.2 Å². The Kier molecular flexibility index (Phi) is 4.43. The fourth-order valence-corrected chi connectivity index (χ4v) is 4.62. The molecule has 0 saturated carbocycles. The third-order valence-electron chi connectivity index (χ3n) is 4.92. The van der Waals surface area contributed by atoms with Gasteiger partial charge < -0.3 is 15.0 Å². The van der Waals surface area contributed by atoms with Crippen LogP contribution in [0.1, 0.15) is 10.4 Å². The summed E-state index contributed by atoms with van der Waals surface area (Å²) in [6, 6.07) is 10.2. The Hall–Kier alpha value is -3.13. The lowest BCUT2D eigenvalue weighted by Crippen LogP contribution is -2.43. The number of carbonyl (C=O) groups excluding carboxylic acids is 1. The fraction of sp³-hybridized carbons (Fsp3) is 0.200. The SMILES string of the molecule is C=S1(=O)CCN(C(=O)c2cccc(-c3cc(O)c4nc[nH]c(=O)c4c3)c2)CC1. The second kappa shape index (κ2) is 6.79. The first-order chi connectivity index (χ1) is 13.3. The summed E-state index contributed by atoms with van der Waals surface area (Å²) in [5.74, 6) is 4.30. The molecular weight excluding hydrogens is 378 g/mol. The largest absolute Gasteiger partial charge is 0.506 e. The summed E-state index contributed by atoms with van der Waals surface area (Å²) in [6.45, 7) is 0.840. The molecule has 1 aliphatic rings. The molecule has 7 nitrogen and oxygen atoms in total. The number of nitrogens with zero attached hydrogens (tertiary/aromatic N) is 2. The van der Waals surface area contributed by atoms with E-state index in [9.17, 15) is 18.9 Å². The van der Waals surface area contributed by atoms with E-state index < -0.39 is 9.52 Å². The van der Waals surface area contributed by atoms with Crippen LogP contribution in [0.2, 0.25) is 0 Å². The number of amides is 1. The summed E-state index contributed by atoms with van der Waals surface area (Å²) in [6.07, 6.45) is 1.24. The Balaban J connectivity index is 1.70. The molecule has 2 aromatic carbocycles. The smallest absolute Gasteiger partial charge is 0.258 e. The zero-order chi connectivity index (χ0) is 19.9. The molecule has 2 N–H and O–H groups in total. The summed E-state index contributed by atoms with van der Waals surface area (Å²) >= 11 is 0. The number of fused-ring (bicyclic) bond motifs is 1. The number of hydrogen-bond donors (Lipinski definition) is 2. The minimum atomic E-state index is -2.07. The summed E-state index contributed by atoms with van der Waals surface area (Å²) in [5.41, 5.74) is 1.68. The highest BCUT2D eigenvalue weighted by atomic mass is 32.2. The Morgan fingerprint density at radius 2 is 1.93 bits per heavy atom. The molecule has 0 spiro atoms. The molecule has 2 heterocycles. The molecule has 0 bridgehead atoms. The van der Waals surface area contributed by atoms with E-state index in [0.29, 0.717) is 41.3 Å². The monoisotopic (exact) mass is 397 g/mol. The maximum atomic E-state index is 12.8. The molecule has 1 aliphatic heterocycles. The number of aromatic nitrogens is 2. The van der Waals surface area contributed by atoms with E-state index in [0.717, 1.165) is 0 Å². The molecule has 144 valence electrons. The van der Waals surface area contributed by atoms with Gasteiger partial charge in [-0.25, -0.2) is 4.98 Å². The highest BCUT2D eigenvalue weighted by molar-refractivity contribution is 8.00. The third kappa shape index (κ3) is 3.38. The highest BCUT2D eigenvalue weighted by Gasteiger charge is 2.23. The van der Waals surface area contributed by atoms with Crippen LogP contribution in [0.3, 0.4) is 0 Å². The molecule has 8 heteroatoms. The molecule has 28 heavy (non-hydrogen) atoms. The minimum absolute atomic E-state index is 0.100. The van der Waals surface area contributed by atoms with Gasteiger partial charge in [-0.3, -0.25) is 13.8 Å². The van der Waals surface area contributed by atoms with E-state index in [-0.39, 0.29) is 28.1 Å². The Labute approximate surface area is 161 Å². The molecule has 1 aromatic heterocycles. The van der Waals surface area contributed by atoms with Crippen LogP contribution in [0.4, 0.5) is 0 Å². The van der Waals surface area contributed by atoms with Gasteiger partial charge in [0, 0.05) is 30.2 Å². The average molecular weight is 397 g/mol. The molecule has 3 aromatic rings. The first-order valence-corrected chi connectivity index (χ1v) is 10.8. The van der Waals surface area contributed by atoms with Gasteiger partial charge in [-0.1, -0.05) is 12.1 Å². The molecule has 1 saturated heterocycles. The first kappa shape index (κ1) is 18.2. The summed E-state index contributed by atoms with van der Waals surface area (Å²) < 4.78 is 12.0. The van der Waals surface area contributed by atoms with Crippen molar-refractivity contribution < 1.29 is 14.1 Å². The van der Waals surface area contributed by atoms with Gasteiger partial charge in [0.05, 0.1) is 11.7 Å². The molecule has 1 fully saturated rings. The molecule has 1 amide bonds. The lowest BCUT2D eigenvalue weighted by Gasteiger charge is -2.29. The van der Waals surface area contributed by atoms with E-state index >= 15 is 0 Å². The highest BCUT2D eigenvalue weighted by Crippen LogP contribution is 2.29. The van der Waals surface area contributed by atoms with Gasteiger partial charge >= 0.3 is 0 Å². The van der Waals surface area contributed by atoms with E-state index in [1.807, 2.05) is 0 Å². The van der Waals surface area contributed by atoms with Crippen LogP contribution in [-0.2, 0) is 9.52 Å². The first-order valence-electron chi connectivity index (χ1n) is 8.77. The van der Waals surface area contributed by atoms with Crippen molar-refractivity contribution in [3.05, 3.63) is 58.6 Å². The van der Waals surface area contributed by atoms with Crippen molar-refractivity contribution in [2.45, 2.75) is 0 Å². The van der Waals surface area contributed by atoms with Crippen LogP contribution in [0, 0.1) is 0 Å². The van der Waals surface area contributed by atoms with Gasteiger partial charge in [0.2, 0.25) is 0 Å². The van der Waals surface area contributed by atoms with Crippen molar-refractivity contribution in [2.24, 2.45) is 0 Å². The Morgan fingerprint density at radius 1 is 1.18 bits per heavy atom. The maximum Gasteiger partial charge on any atom is 0.258 e. The van der Waals surface area contributed by atoms with Gasteiger partial charge in [-0.2, -0.15) is 0 Å². The number of benzene rings is 2. The van der Waals surface area contributed by atoms with Crippen molar-refractivity contribution in [1.82, 2.24) is 14.9 Å². The average Bonchev–Trinajstić information content (AvgIpc) is 2.68. The summed E-state index contributed by atoms with van der Waals surface area (Å²) in [5, 5.41) is 10.5. The number of hydrogen-bond acceptors (Lipinski definition) is 5. The van der Waals surface area contributed by atoms with Crippen LogP contribution in [-0.4, -0.2) is 60.6 Å². The topological polar surface area (TPSA) is 103 Å². The lowest BCUT2D eigenvalue weighted by molar-refractivity contribution is 0.0771. The number of aromatic amines is 1.